The second-order valence-corrected chi connectivity index (χ2v) is 8.99. The number of pyridine rings is 1. The Morgan fingerprint density at radius 3 is 2.50 bits per heavy atom. The standard InChI is InChI=1S/C23H27BrN2O4/c1-14(2)26(22(27)16-8-6-15(3)7-9-16)20-11-10-17(13-18(20)23(28)29)30-21-19(24)5-4-12-25-21/h4-5,10-16H,6-9H2,1-3H3,(H,28,29). The van der Waals surface area contributed by atoms with Gasteiger partial charge in [-0.2, -0.15) is 0 Å². The SMILES string of the molecule is CC1CCC(C(=O)N(c2ccc(Oc3ncccc3Br)cc2C(=O)O)C(C)C)CC1. The first kappa shape index (κ1) is 22.3. The summed E-state index contributed by atoms with van der Waals surface area (Å²) in [7, 11) is 0. The van der Waals surface area contributed by atoms with Gasteiger partial charge in [-0.05, 0) is 91.7 Å². The number of carbonyl (C=O) groups is 2. The molecule has 1 amide bonds. The molecule has 0 atom stereocenters. The molecule has 1 N–H and O–H groups in total. The number of amides is 1. The molecule has 1 fully saturated rings. The van der Waals surface area contributed by atoms with E-state index < -0.39 is 5.97 Å². The van der Waals surface area contributed by atoms with E-state index in [1.165, 1.54) is 6.07 Å². The lowest BCUT2D eigenvalue weighted by molar-refractivity contribution is -0.123. The van der Waals surface area contributed by atoms with Crippen molar-refractivity contribution in [3.63, 3.8) is 0 Å². The van der Waals surface area contributed by atoms with Crippen LogP contribution in [0.3, 0.4) is 0 Å². The number of hydrogen-bond donors (Lipinski definition) is 1. The van der Waals surface area contributed by atoms with Gasteiger partial charge in [0.05, 0.1) is 15.7 Å². The summed E-state index contributed by atoms with van der Waals surface area (Å²) in [6, 6.07) is 8.17. The Balaban J connectivity index is 1.93. The van der Waals surface area contributed by atoms with Gasteiger partial charge in [-0.1, -0.05) is 6.92 Å². The lowest BCUT2D eigenvalue weighted by Gasteiger charge is -2.34. The molecule has 1 aliphatic rings. The predicted octanol–water partition coefficient (Wildman–Crippen LogP) is 5.90. The molecule has 1 aliphatic carbocycles. The normalized spacial score (nSPS) is 18.8. The van der Waals surface area contributed by atoms with Crippen LogP contribution in [0.2, 0.25) is 0 Å². The minimum absolute atomic E-state index is 0.000499. The van der Waals surface area contributed by atoms with Crippen molar-refractivity contribution >= 4 is 33.5 Å². The van der Waals surface area contributed by atoms with Crippen LogP contribution < -0.4 is 9.64 Å². The van der Waals surface area contributed by atoms with Crippen molar-refractivity contribution in [2.24, 2.45) is 11.8 Å². The third-order valence-corrected chi connectivity index (χ3v) is 6.12. The highest BCUT2D eigenvalue weighted by Crippen LogP contribution is 2.35. The van der Waals surface area contributed by atoms with Crippen molar-refractivity contribution in [1.29, 1.82) is 0 Å². The van der Waals surface area contributed by atoms with E-state index >= 15 is 0 Å². The number of benzene rings is 1. The van der Waals surface area contributed by atoms with E-state index in [1.807, 2.05) is 13.8 Å². The Kier molecular flexibility index (Phi) is 7.13. The Morgan fingerprint density at radius 1 is 1.20 bits per heavy atom. The highest BCUT2D eigenvalue weighted by atomic mass is 79.9. The summed E-state index contributed by atoms with van der Waals surface area (Å²) in [5.74, 6) is 0.156. The highest BCUT2D eigenvalue weighted by molar-refractivity contribution is 9.10. The molecule has 160 valence electrons. The molecule has 0 saturated heterocycles. The highest BCUT2D eigenvalue weighted by Gasteiger charge is 2.32. The molecule has 0 aliphatic heterocycles. The number of halogens is 1. The minimum Gasteiger partial charge on any atom is -0.478 e. The fraction of sp³-hybridized carbons (Fsp3) is 0.435. The third kappa shape index (κ3) is 5.01. The minimum atomic E-state index is -1.11. The Hall–Kier alpha value is -2.41. The summed E-state index contributed by atoms with van der Waals surface area (Å²) < 4.78 is 6.42. The van der Waals surface area contributed by atoms with Gasteiger partial charge >= 0.3 is 5.97 Å². The largest absolute Gasteiger partial charge is 0.478 e. The van der Waals surface area contributed by atoms with Crippen molar-refractivity contribution in [2.45, 2.75) is 52.5 Å². The molecule has 1 heterocycles. The number of ether oxygens (including phenoxy) is 1. The number of aromatic carboxylic acids is 1. The van der Waals surface area contributed by atoms with Crippen LogP contribution in [-0.2, 0) is 4.79 Å². The van der Waals surface area contributed by atoms with Crippen LogP contribution in [0.5, 0.6) is 11.6 Å². The zero-order valence-corrected chi connectivity index (χ0v) is 19.1. The Labute approximate surface area is 185 Å². The van der Waals surface area contributed by atoms with E-state index in [4.69, 9.17) is 4.74 Å². The van der Waals surface area contributed by atoms with Crippen molar-refractivity contribution in [2.75, 3.05) is 4.90 Å². The monoisotopic (exact) mass is 474 g/mol. The summed E-state index contributed by atoms with van der Waals surface area (Å²) in [6.45, 7) is 6.02. The number of carboxylic acid groups (broad SMARTS) is 1. The van der Waals surface area contributed by atoms with Gasteiger partial charge in [-0.25, -0.2) is 9.78 Å². The van der Waals surface area contributed by atoms with Crippen molar-refractivity contribution in [1.82, 2.24) is 4.98 Å². The van der Waals surface area contributed by atoms with E-state index in [0.717, 1.165) is 25.7 Å². The number of carboxylic acids is 1. The van der Waals surface area contributed by atoms with Crippen LogP contribution in [0.25, 0.3) is 0 Å². The van der Waals surface area contributed by atoms with Crippen LogP contribution in [-0.4, -0.2) is 28.0 Å². The Morgan fingerprint density at radius 2 is 1.90 bits per heavy atom. The molecule has 0 radical (unpaired) electrons. The van der Waals surface area contributed by atoms with Crippen LogP contribution in [0, 0.1) is 11.8 Å². The second-order valence-electron chi connectivity index (χ2n) is 8.14. The number of anilines is 1. The van der Waals surface area contributed by atoms with Gasteiger partial charge in [0, 0.05) is 18.2 Å². The lowest BCUT2D eigenvalue weighted by atomic mass is 9.82. The maximum Gasteiger partial charge on any atom is 0.337 e. The first-order chi connectivity index (χ1) is 14.3. The van der Waals surface area contributed by atoms with Crippen LogP contribution in [0.4, 0.5) is 5.69 Å². The van der Waals surface area contributed by atoms with Gasteiger partial charge in [0.25, 0.3) is 0 Å². The molecule has 3 rings (SSSR count). The van der Waals surface area contributed by atoms with Crippen LogP contribution in [0.15, 0.2) is 41.0 Å². The number of carbonyl (C=O) groups excluding carboxylic acids is 1. The van der Waals surface area contributed by atoms with Crippen molar-refractivity contribution in [3.05, 3.63) is 46.6 Å². The molecule has 0 unspecified atom stereocenters. The molecular formula is C23H27BrN2O4. The number of aromatic nitrogens is 1. The molecule has 30 heavy (non-hydrogen) atoms. The molecular weight excluding hydrogens is 448 g/mol. The van der Waals surface area contributed by atoms with Gasteiger partial charge in [0.15, 0.2) is 0 Å². The van der Waals surface area contributed by atoms with E-state index in [1.54, 1.807) is 35.4 Å². The molecule has 2 aromatic rings. The van der Waals surface area contributed by atoms with Gasteiger partial charge in [-0.15, -0.1) is 0 Å². The van der Waals surface area contributed by atoms with Crippen LogP contribution >= 0.6 is 15.9 Å². The molecule has 0 bridgehead atoms. The van der Waals surface area contributed by atoms with Crippen molar-refractivity contribution < 1.29 is 19.4 Å². The van der Waals surface area contributed by atoms with Gasteiger partial charge < -0.3 is 14.7 Å². The number of rotatable bonds is 6. The summed E-state index contributed by atoms with van der Waals surface area (Å²) in [6.07, 6.45) is 5.34. The van der Waals surface area contributed by atoms with Gasteiger partial charge in [-0.3, -0.25) is 4.79 Å². The second kappa shape index (κ2) is 9.60. The zero-order chi connectivity index (χ0) is 21.8. The maximum atomic E-state index is 13.3. The summed E-state index contributed by atoms with van der Waals surface area (Å²) >= 11 is 3.37. The first-order valence-electron chi connectivity index (χ1n) is 10.3. The van der Waals surface area contributed by atoms with E-state index in [-0.39, 0.29) is 23.4 Å². The summed E-state index contributed by atoms with van der Waals surface area (Å²) in [4.78, 5) is 31.1. The Bertz CT molecular complexity index is 923. The van der Waals surface area contributed by atoms with E-state index in [9.17, 15) is 14.7 Å². The average Bonchev–Trinajstić information content (AvgIpc) is 2.71. The molecule has 1 aromatic heterocycles. The van der Waals surface area contributed by atoms with Gasteiger partial charge in [0.1, 0.15) is 5.75 Å². The molecule has 0 spiro atoms. The molecule has 1 aromatic carbocycles. The third-order valence-electron chi connectivity index (χ3n) is 5.52. The lowest BCUT2D eigenvalue weighted by Crippen LogP contribution is -2.42. The summed E-state index contributed by atoms with van der Waals surface area (Å²) in [5, 5.41) is 9.85. The average molecular weight is 475 g/mol. The molecule has 7 heteroatoms. The smallest absolute Gasteiger partial charge is 0.337 e. The molecule has 1 saturated carbocycles. The number of nitrogens with zero attached hydrogens (tertiary/aromatic N) is 2. The van der Waals surface area contributed by atoms with Crippen LogP contribution in [0.1, 0.15) is 56.8 Å². The summed E-state index contributed by atoms with van der Waals surface area (Å²) in [5.41, 5.74) is 0.430. The zero-order valence-electron chi connectivity index (χ0n) is 17.5. The number of hydrogen-bond acceptors (Lipinski definition) is 4. The van der Waals surface area contributed by atoms with E-state index in [0.29, 0.717) is 27.7 Å². The first-order valence-corrected chi connectivity index (χ1v) is 11.1. The fourth-order valence-electron chi connectivity index (χ4n) is 3.87. The molecule has 6 nitrogen and oxygen atoms in total. The van der Waals surface area contributed by atoms with E-state index in [2.05, 4.69) is 27.8 Å². The fourth-order valence-corrected chi connectivity index (χ4v) is 4.21. The topological polar surface area (TPSA) is 79.7 Å². The van der Waals surface area contributed by atoms with Crippen molar-refractivity contribution in [3.8, 4) is 11.6 Å². The predicted molar refractivity (Wildman–Crippen MR) is 119 cm³/mol. The van der Waals surface area contributed by atoms with Gasteiger partial charge in [0.2, 0.25) is 11.8 Å². The maximum absolute atomic E-state index is 13.3. The quantitative estimate of drug-likeness (QED) is 0.563.